The summed E-state index contributed by atoms with van der Waals surface area (Å²) in [6, 6.07) is 5.02. The van der Waals surface area contributed by atoms with Crippen LogP contribution in [0.4, 0.5) is 13.2 Å². The highest BCUT2D eigenvalue weighted by molar-refractivity contribution is 8.00. The Morgan fingerprint density at radius 1 is 1.35 bits per heavy atom. The van der Waals surface area contributed by atoms with Crippen molar-refractivity contribution < 1.29 is 23.1 Å². The minimum Gasteiger partial charge on any atom is -0.394 e. The minimum absolute atomic E-state index is 0.0219. The highest BCUT2D eigenvalue weighted by Crippen LogP contribution is 2.38. The van der Waals surface area contributed by atoms with Crippen LogP contribution < -0.4 is 5.32 Å². The molecule has 2 N–H and O–H groups in total. The fourth-order valence-corrected chi connectivity index (χ4v) is 2.20. The van der Waals surface area contributed by atoms with Crippen LogP contribution in [0.15, 0.2) is 29.2 Å². The highest BCUT2D eigenvalue weighted by Gasteiger charge is 2.31. The quantitative estimate of drug-likeness (QED) is 0.822. The van der Waals surface area contributed by atoms with E-state index in [0.717, 1.165) is 0 Å². The van der Waals surface area contributed by atoms with Crippen molar-refractivity contribution in [2.24, 2.45) is 5.92 Å². The topological polar surface area (TPSA) is 49.3 Å². The summed E-state index contributed by atoms with van der Waals surface area (Å²) < 4.78 is 37.3. The van der Waals surface area contributed by atoms with Gasteiger partial charge in [-0.25, -0.2) is 0 Å². The number of carbonyl (C=O) groups is 1. The zero-order valence-corrected chi connectivity index (χ0v) is 11.9. The lowest BCUT2D eigenvalue weighted by molar-refractivity contribution is -0.0328. The first-order valence-corrected chi connectivity index (χ1v) is 6.82. The Morgan fingerprint density at radius 2 is 1.95 bits per heavy atom. The van der Waals surface area contributed by atoms with Gasteiger partial charge in [-0.3, -0.25) is 4.79 Å². The largest absolute Gasteiger partial charge is 0.446 e. The molecule has 0 aliphatic rings. The Bertz CT molecular complexity index is 463. The maximum Gasteiger partial charge on any atom is 0.446 e. The average Bonchev–Trinajstić information content (AvgIpc) is 2.34. The summed E-state index contributed by atoms with van der Waals surface area (Å²) in [5, 5.41) is 11.7. The predicted octanol–water partition coefficient (Wildman–Crippen LogP) is 3.05. The van der Waals surface area contributed by atoms with Gasteiger partial charge in [0.25, 0.3) is 5.91 Å². The van der Waals surface area contributed by atoms with Crippen molar-refractivity contribution in [1.29, 1.82) is 0 Å². The van der Waals surface area contributed by atoms with Crippen LogP contribution >= 0.6 is 11.8 Å². The summed E-state index contributed by atoms with van der Waals surface area (Å²) in [6.07, 6.45) is 0. The number of alkyl halides is 3. The number of thioether (sulfide) groups is 1. The summed E-state index contributed by atoms with van der Waals surface area (Å²) in [4.78, 5) is 11.9. The molecule has 0 aromatic heterocycles. The van der Waals surface area contributed by atoms with E-state index in [0.29, 0.717) is 0 Å². The molecule has 0 radical (unpaired) electrons. The molecule has 1 aromatic rings. The number of amides is 1. The van der Waals surface area contributed by atoms with Crippen LogP contribution in [0.1, 0.15) is 24.2 Å². The fourth-order valence-electron chi connectivity index (χ4n) is 1.54. The van der Waals surface area contributed by atoms with Crippen molar-refractivity contribution in [3.8, 4) is 0 Å². The van der Waals surface area contributed by atoms with Gasteiger partial charge in [0.15, 0.2) is 0 Å². The number of carbonyl (C=O) groups excluding carboxylic acids is 1. The van der Waals surface area contributed by atoms with Crippen LogP contribution in [0, 0.1) is 5.92 Å². The van der Waals surface area contributed by atoms with E-state index in [4.69, 9.17) is 5.11 Å². The number of hydrogen-bond donors (Lipinski definition) is 2. The maximum absolute atomic E-state index is 12.4. The van der Waals surface area contributed by atoms with Crippen LogP contribution in [-0.2, 0) is 0 Å². The number of aliphatic hydroxyl groups is 1. The van der Waals surface area contributed by atoms with Gasteiger partial charge >= 0.3 is 5.51 Å². The molecule has 0 aliphatic heterocycles. The van der Waals surface area contributed by atoms with Gasteiger partial charge in [-0.2, -0.15) is 13.2 Å². The summed E-state index contributed by atoms with van der Waals surface area (Å²) >= 11 is -0.325. The molecule has 1 amide bonds. The zero-order chi connectivity index (χ0) is 15.3. The molecule has 0 saturated heterocycles. The third-order valence-corrected chi connectivity index (χ3v) is 3.48. The number of hydrogen-bond acceptors (Lipinski definition) is 3. The van der Waals surface area contributed by atoms with Crippen molar-refractivity contribution in [2.75, 3.05) is 6.61 Å². The van der Waals surface area contributed by atoms with E-state index >= 15 is 0 Å². The number of rotatable bonds is 5. The van der Waals surface area contributed by atoms with Gasteiger partial charge in [-0.05, 0) is 29.8 Å². The van der Waals surface area contributed by atoms with Crippen LogP contribution in [-0.4, -0.2) is 29.2 Å². The van der Waals surface area contributed by atoms with Crippen molar-refractivity contribution in [3.63, 3.8) is 0 Å². The second-order valence-corrected chi connectivity index (χ2v) is 5.66. The van der Waals surface area contributed by atoms with E-state index < -0.39 is 17.5 Å². The molecule has 1 rings (SSSR count). The second-order valence-electron chi connectivity index (χ2n) is 4.55. The van der Waals surface area contributed by atoms with Gasteiger partial charge in [0, 0.05) is 4.90 Å². The number of nitrogens with one attached hydrogen (secondary N) is 1. The Kier molecular flexibility index (Phi) is 5.88. The predicted molar refractivity (Wildman–Crippen MR) is 71.5 cm³/mol. The minimum atomic E-state index is -4.45. The van der Waals surface area contributed by atoms with E-state index in [2.05, 4.69) is 5.32 Å². The lowest BCUT2D eigenvalue weighted by Crippen LogP contribution is -2.41. The van der Waals surface area contributed by atoms with Gasteiger partial charge in [-0.15, -0.1) is 0 Å². The first-order chi connectivity index (χ1) is 9.24. The molecular weight excluding hydrogens is 291 g/mol. The molecule has 7 heteroatoms. The Morgan fingerprint density at radius 3 is 2.45 bits per heavy atom. The Labute approximate surface area is 119 Å². The lowest BCUT2D eigenvalue weighted by atomic mass is 10.0. The van der Waals surface area contributed by atoms with Gasteiger partial charge in [0.2, 0.25) is 0 Å². The lowest BCUT2D eigenvalue weighted by Gasteiger charge is -2.20. The van der Waals surface area contributed by atoms with Crippen molar-refractivity contribution >= 4 is 17.7 Å². The fraction of sp³-hybridized carbons (Fsp3) is 0.462. The molecule has 0 fully saturated rings. The second kappa shape index (κ2) is 6.99. The van der Waals surface area contributed by atoms with E-state index in [-0.39, 0.29) is 34.7 Å². The molecule has 0 spiro atoms. The normalized spacial score (nSPS) is 13.3. The third kappa shape index (κ3) is 5.05. The Hall–Kier alpha value is -1.21. The SMILES string of the molecule is CC(C)[C@@H](CO)NC(=O)c1ccccc1SC(F)(F)F. The summed E-state index contributed by atoms with van der Waals surface area (Å²) in [7, 11) is 0. The molecule has 3 nitrogen and oxygen atoms in total. The third-order valence-electron chi connectivity index (χ3n) is 2.68. The smallest absolute Gasteiger partial charge is 0.394 e. The first-order valence-electron chi connectivity index (χ1n) is 6.01. The number of halogens is 3. The first kappa shape index (κ1) is 16.8. The highest BCUT2D eigenvalue weighted by atomic mass is 32.2. The van der Waals surface area contributed by atoms with E-state index in [1.54, 1.807) is 13.8 Å². The standard InChI is InChI=1S/C13H16F3NO2S/c1-8(2)10(7-18)17-12(19)9-5-3-4-6-11(9)20-13(14,15)16/h3-6,8,10,18H,7H2,1-2H3,(H,17,19)/t10-/m1/s1. The van der Waals surface area contributed by atoms with Crippen molar-refractivity contribution in [2.45, 2.75) is 30.3 Å². The average molecular weight is 307 g/mol. The molecule has 0 heterocycles. The van der Waals surface area contributed by atoms with Crippen LogP contribution in [0.5, 0.6) is 0 Å². The van der Waals surface area contributed by atoms with Crippen molar-refractivity contribution in [1.82, 2.24) is 5.32 Å². The number of aliphatic hydroxyl groups excluding tert-OH is 1. The monoisotopic (exact) mass is 307 g/mol. The van der Waals surface area contributed by atoms with Crippen LogP contribution in [0.2, 0.25) is 0 Å². The van der Waals surface area contributed by atoms with Crippen LogP contribution in [0.25, 0.3) is 0 Å². The van der Waals surface area contributed by atoms with Gasteiger partial charge in [0.05, 0.1) is 18.2 Å². The molecule has 1 aromatic carbocycles. The summed E-state index contributed by atoms with van der Waals surface area (Å²) in [5.74, 6) is -0.642. The molecule has 1 atom stereocenters. The molecular formula is C13H16F3NO2S. The van der Waals surface area contributed by atoms with E-state index in [1.807, 2.05) is 0 Å². The molecule has 112 valence electrons. The van der Waals surface area contributed by atoms with Crippen LogP contribution in [0.3, 0.4) is 0 Å². The summed E-state index contributed by atoms with van der Waals surface area (Å²) in [6.45, 7) is 3.34. The molecule has 0 aliphatic carbocycles. The summed E-state index contributed by atoms with van der Waals surface area (Å²) in [5.41, 5.74) is -4.50. The zero-order valence-electron chi connectivity index (χ0n) is 11.1. The van der Waals surface area contributed by atoms with E-state index in [9.17, 15) is 18.0 Å². The van der Waals surface area contributed by atoms with E-state index in [1.165, 1.54) is 24.3 Å². The van der Waals surface area contributed by atoms with Crippen molar-refractivity contribution in [3.05, 3.63) is 29.8 Å². The molecule has 0 bridgehead atoms. The molecule has 0 saturated carbocycles. The van der Waals surface area contributed by atoms with Gasteiger partial charge in [0.1, 0.15) is 0 Å². The van der Waals surface area contributed by atoms with Gasteiger partial charge in [-0.1, -0.05) is 26.0 Å². The van der Waals surface area contributed by atoms with Gasteiger partial charge < -0.3 is 10.4 Å². The molecule has 0 unspecified atom stereocenters. The Balaban J connectivity index is 2.93. The number of benzene rings is 1. The molecule has 20 heavy (non-hydrogen) atoms. The maximum atomic E-state index is 12.4.